The van der Waals surface area contributed by atoms with Crippen LogP contribution in [0.4, 0.5) is 5.69 Å². The zero-order valence-corrected chi connectivity index (χ0v) is 12.8. The summed E-state index contributed by atoms with van der Waals surface area (Å²) in [5, 5.41) is 3.54. The topological polar surface area (TPSA) is 21.3 Å². The van der Waals surface area contributed by atoms with E-state index in [2.05, 4.69) is 44.3 Å². The quantitative estimate of drug-likeness (QED) is 0.834. The van der Waals surface area contributed by atoms with Crippen molar-refractivity contribution in [3.05, 3.63) is 45.6 Å². The lowest BCUT2D eigenvalue weighted by Gasteiger charge is -2.16. The second-order valence-electron chi connectivity index (χ2n) is 4.70. The van der Waals surface area contributed by atoms with Crippen LogP contribution in [0.2, 0.25) is 0 Å². The van der Waals surface area contributed by atoms with E-state index in [-0.39, 0.29) is 0 Å². The first-order valence-corrected chi connectivity index (χ1v) is 7.48. The minimum Gasteiger partial charge on any atom is -0.494 e. The third-order valence-corrected chi connectivity index (χ3v) is 4.06. The summed E-state index contributed by atoms with van der Waals surface area (Å²) in [6.07, 6.45) is 0. The minimum atomic E-state index is 0.307. The standard InChI is InChI=1S/C16H21NOS/c1-5-18-15-8-6-7-14(10-15)17-12(3)16-9-11(2)19-13(16)4/h6-10,12,17H,5H2,1-4H3. The van der Waals surface area contributed by atoms with E-state index < -0.39 is 0 Å². The molecule has 102 valence electrons. The van der Waals surface area contributed by atoms with Crippen molar-refractivity contribution in [1.29, 1.82) is 0 Å². The molecular formula is C16H21NOS. The summed E-state index contributed by atoms with van der Waals surface area (Å²) >= 11 is 1.85. The summed E-state index contributed by atoms with van der Waals surface area (Å²) in [7, 11) is 0. The molecule has 0 bridgehead atoms. The maximum atomic E-state index is 5.52. The SMILES string of the molecule is CCOc1cccc(NC(C)c2cc(C)sc2C)c1. The largest absolute Gasteiger partial charge is 0.494 e. The highest BCUT2D eigenvalue weighted by Gasteiger charge is 2.11. The van der Waals surface area contributed by atoms with E-state index in [0.29, 0.717) is 12.6 Å². The number of rotatable bonds is 5. The van der Waals surface area contributed by atoms with Crippen molar-refractivity contribution in [3.63, 3.8) is 0 Å². The number of thiophene rings is 1. The molecule has 0 saturated heterocycles. The Morgan fingerprint density at radius 1 is 1.26 bits per heavy atom. The molecule has 0 saturated carbocycles. The summed E-state index contributed by atoms with van der Waals surface area (Å²) in [6, 6.07) is 10.7. The Kier molecular flexibility index (Phi) is 4.48. The summed E-state index contributed by atoms with van der Waals surface area (Å²) < 4.78 is 5.52. The lowest BCUT2D eigenvalue weighted by Crippen LogP contribution is -2.06. The first-order valence-electron chi connectivity index (χ1n) is 6.66. The van der Waals surface area contributed by atoms with E-state index in [9.17, 15) is 0 Å². The zero-order valence-electron chi connectivity index (χ0n) is 12.0. The second kappa shape index (κ2) is 6.11. The van der Waals surface area contributed by atoms with Gasteiger partial charge in [-0.1, -0.05) is 6.07 Å². The van der Waals surface area contributed by atoms with Crippen molar-refractivity contribution in [3.8, 4) is 5.75 Å². The van der Waals surface area contributed by atoms with Gasteiger partial charge in [-0.25, -0.2) is 0 Å². The van der Waals surface area contributed by atoms with E-state index >= 15 is 0 Å². The highest BCUT2D eigenvalue weighted by atomic mass is 32.1. The second-order valence-corrected chi connectivity index (χ2v) is 6.16. The predicted octanol–water partition coefficient (Wildman–Crippen LogP) is 4.94. The van der Waals surface area contributed by atoms with Crippen LogP contribution in [0, 0.1) is 13.8 Å². The van der Waals surface area contributed by atoms with Crippen molar-refractivity contribution in [2.75, 3.05) is 11.9 Å². The fourth-order valence-corrected chi connectivity index (χ4v) is 3.27. The van der Waals surface area contributed by atoms with Crippen LogP contribution >= 0.6 is 11.3 Å². The number of hydrogen-bond acceptors (Lipinski definition) is 3. The number of aryl methyl sites for hydroxylation is 2. The molecule has 0 fully saturated rings. The molecule has 1 unspecified atom stereocenters. The Morgan fingerprint density at radius 2 is 2.05 bits per heavy atom. The molecule has 19 heavy (non-hydrogen) atoms. The van der Waals surface area contributed by atoms with E-state index in [4.69, 9.17) is 4.74 Å². The molecule has 1 aromatic carbocycles. The Labute approximate surface area is 119 Å². The van der Waals surface area contributed by atoms with Crippen molar-refractivity contribution in [1.82, 2.24) is 0 Å². The molecule has 0 aliphatic carbocycles. The highest BCUT2D eigenvalue weighted by molar-refractivity contribution is 7.12. The minimum absolute atomic E-state index is 0.307. The fraction of sp³-hybridized carbons (Fsp3) is 0.375. The molecule has 0 spiro atoms. The van der Waals surface area contributed by atoms with Gasteiger partial charge in [0.1, 0.15) is 5.75 Å². The first-order chi connectivity index (χ1) is 9.10. The maximum absolute atomic E-state index is 5.52. The van der Waals surface area contributed by atoms with Gasteiger partial charge < -0.3 is 10.1 Å². The van der Waals surface area contributed by atoms with Crippen LogP contribution < -0.4 is 10.1 Å². The van der Waals surface area contributed by atoms with Crippen LogP contribution in [0.3, 0.4) is 0 Å². The van der Waals surface area contributed by atoms with Gasteiger partial charge in [-0.05, 0) is 51.5 Å². The normalized spacial score (nSPS) is 12.2. The number of nitrogens with one attached hydrogen (secondary N) is 1. The monoisotopic (exact) mass is 275 g/mol. The van der Waals surface area contributed by atoms with Gasteiger partial charge >= 0.3 is 0 Å². The maximum Gasteiger partial charge on any atom is 0.121 e. The third kappa shape index (κ3) is 3.51. The van der Waals surface area contributed by atoms with Crippen LogP contribution in [-0.2, 0) is 0 Å². The van der Waals surface area contributed by atoms with Crippen molar-refractivity contribution >= 4 is 17.0 Å². The van der Waals surface area contributed by atoms with Gasteiger partial charge in [-0.3, -0.25) is 0 Å². The average Bonchev–Trinajstić information content (AvgIpc) is 2.69. The van der Waals surface area contributed by atoms with E-state index in [1.807, 2.05) is 30.4 Å². The van der Waals surface area contributed by atoms with Gasteiger partial charge in [-0.2, -0.15) is 0 Å². The third-order valence-electron chi connectivity index (χ3n) is 3.07. The Balaban J connectivity index is 2.12. The van der Waals surface area contributed by atoms with Gasteiger partial charge in [0.25, 0.3) is 0 Å². The van der Waals surface area contributed by atoms with Crippen LogP contribution in [0.15, 0.2) is 30.3 Å². The molecule has 0 aliphatic rings. The summed E-state index contributed by atoms with van der Waals surface area (Å²) in [4.78, 5) is 2.75. The molecule has 1 N–H and O–H groups in total. The van der Waals surface area contributed by atoms with Gasteiger partial charge in [0, 0.05) is 27.5 Å². The summed E-state index contributed by atoms with van der Waals surface area (Å²) in [5.41, 5.74) is 2.48. The lowest BCUT2D eigenvalue weighted by atomic mass is 10.1. The van der Waals surface area contributed by atoms with Gasteiger partial charge in [0.05, 0.1) is 6.61 Å². The van der Waals surface area contributed by atoms with Crippen LogP contribution in [0.1, 0.15) is 35.2 Å². The molecule has 0 radical (unpaired) electrons. The predicted molar refractivity (Wildman–Crippen MR) is 83.4 cm³/mol. The fourth-order valence-electron chi connectivity index (χ4n) is 2.25. The highest BCUT2D eigenvalue weighted by Crippen LogP contribution is 2.29. The molecule has 2 aromatic rings. The first kappa shape index (κ1) is 13.9. The van der Waals surface area contributed by atoms with Crippen molar-refractivity contribution in [2.24, 2.45) is 0 Å². The van der Waals surface area contributed by atoms with Gasteiger partial charge in [0.2, 0.25) is 0 Å². The van der Waals surface area contributed by atoms with Crippen LogP contribution in [0.5, 0.6) is 5.75 Å². The molecule has 2 rings (SSSR count). The smallest absolute Gasteiger partial charge is 0.121 e. The number of hydrogen-bond donors (Lipinski definition) is 1. The van der Waals surface area contributed by atoms with Crippen LogP contribution in [-0.4, -0.2) is 6.61 Å². The zero-order chi connectivity index (χ0) is 13.8. The van der Waals surface area contributed by atoms with Crippen molar-refractivity contribution < 1.29 is 4.74 Å². The van der Waals surface area contributed by atoms with Crippen LogP contribution in [0.25, 0.3) is 0 Å². The van der Waals surface area contributed by atoms with E-state index in [1.54, 1.807) is 0 Å². The Hall–Kier alpha value is -1.48. The molecule has 0 aliphatic heterocycles. The molecule has 1 atom stereocenters. The van der Waals surface area contributed by atoms with Gasteiger partial charge in [-0.15, -0.1) is 11.3 Å². The van der Waals surface area contributed by atoms with Gasteiger partial charge in [0.15, 0.2) is 0 Å². The Bertz CT molecular complexity index is 547. The van der Waals surface area contributed by atoms with E-state index in [0.717, 1.165) is 11.4 Å². The number of benzene rings is 1. The molecule has 3 heteroatoms. The van der Waals surface area contributed by atoms with Crippen molar-refractivity contribution in [2.45, 2.75) is 33.7 Å². The average molecular weight is 275 g/mol. The summed E-state index contributed by atoms with van der Waals surface area (Å²) in [5.74, 6) is 0.915. The number of anilines is 1. The molecule has 1 aromatic heterocycles. The Morgan fingerprint density at radius 3 is 2.68 bits per heavy atom. The molecule has 0 amide bonds. The molecular weight excluding hydrogens is 254 g/mol. The number of ether oxygens (including phenoxy) is 1. The van der Waals surface area contributed by atoms with E-state index in [1.165, 1.54) is 15.3 Å². The summed E-state index contributed by atoms with van der Waals surface area (Å²) in [6.45, 7) is 9.23. The lowest BCUT2D eigenvalue weighted by molar-refractivity contribution is 0.340. The molecule has 1 heterocycles. The molecule has 2 nitrogen and oxygen atoms in total.